The molecular weight excluding hydrogens is 242 g/mol. The summed E-state index contributed by atoms with van der Waals surface area (Å²) < 4.78 is 1.82. The van der Waals surface area contributed by atoms with Crippen LogP contribution in [0, 0.1) is 0 Å². The first kappa shape index (κ1) is 11.4. The summed E-state index contributed by atoms with van der Waals surface area (Å²) in [6.07, 6.45) is 6.93. The molecule has 0 saturated heterocycles. The first-order valence-electron chi connectivity index (χ1n) is 5.96. The second-order valence-corrected chi connectivity index (χ2v) is 3.91. The normalized spacial score (nSPS) is 10.5. The van der Waals surface area contributed by atoms with Crippen molar-refractivity contribution in [3.63, 3.8) is 0 Å². The average Bonchev–Trinajstić information content (AvgIpc) is 2.94. The Hall–Kier alpha value is -2.70. The number of fused-ring (bicyclic) bond motifs is 1. The van der Waals surface area contributed by atoms with Gasteiger partial charge >= 0.3 is 0 Å². The Morgan fingerprint density at radius 3 is 2.89 bits per heavy atom. The summed E-state index contributed by atoms with van der Waals surface area (Å²) in [5.41, 5.74) is 0.723. The molecule has 3 rings (SSSR count). The van der Waals surface area contributed by atoms with Crippen molar-refractivity contribution < 1.29 is 0 Å². The molecule has 0 aliphatic rings. The highest BCUT2D eigenvalue weighted by Gasteiger charge is 2.03. The van der Waals surface area contributed by atoms with Crippen LogP contribution in [0.5, 0.6) is 0 Å². The smallest absolute Gasteiger partial charge is 0.203 e. The van der Waals surface area contributed by atoms with Crippen LogP contribution in [0.4, 0.5) is 11.6 Å². The van der Waals surface area contributed by atoms with E-state index in [0.717, 1.165) is 30.4 Å². The number of rotatable bonds is 5. The van der Waals surface area contributed by atoms with Crippen molar-refractivity contribution in [3.8, 4) is 0 Å². The van der Waals surface area contributed by atoms with Gasteiger partial charge in [0.05, 0.1) is 0 Å². The molecule has 0 aliphatic heterocycles. The van der Waals surface area contributed by atoms with E-state index in [0.29, 0.717) is 0 Å². The number of nitrogens with one attached hydrogen (secondary N) is 2. The monoisotopic (exact) mass is 255 g/mol. The topological polar surface area (TPSA) is 80.0 Å². The summed E-state index contributed by atoms with van der Waals surface area (Å²) in [6.45, 7) is 1.46. The highest BCUT2D eigenvalue weighted by Crippen LogP contribution is 2.08. The Bertz CT molecular complexity index is 649. The minimum absolute atomic E-state index is 0.718. The lowest BCUT2D eigenvalue weighted by molar-refractivity contribution is 1.03. The third-order valence-corrected chi connectivity index (χ3v) is 2.60. The maximum atomic E-state index is 4.25. The van der Waals surface area contributed by atoms with Crippen LogP contribution in [0.2, 0.25) is 0 Å². The summed E-state index contributed by atoms with van der Waals surface area (Å²) in [5.74, 6) is 1.58. The summed E-state index contributed by atoms with van der Waals surface area (Å²) in [6, 6.07) is 5.76. The van der Waals surface area contributed by atoms with E-state index in [1.807, 2.05) is 28.8 Å². The number of nitrogens with zero attached hydrogens (tertiary/aromatic N) is 5. The van der Waals surface area contributed by atoms with Gasteiger partial charge < -0.3 is 10.6 Å². The minimum atomic E-state index is 0.718. The summed E-state index contributed by atoms with van der Waals surface area (Å²) in [5, 5.41) is 14.3. The van der Waals surface area contributed by atoms with Gasteiger partial charge in [0.25, 0.3) is 0 Å². The van der Waals surface area contributed by atoms with E-state index >= 15 is 0 Å². The molecule has 3 heterocycles. The highest BCUT2D eigenvalue weighted by atomic mass is 15.2. The van der Waals surface area contributed by atoms with Gasteiger partial charge in [-0.25, -0.2) is 9.97 Å². The molecule has 96 valence electrons. The van der Waals surface area contributed by atoms with Crippen molar-refractivity contribution >= 4 is 17.3 Å². The molecule has 7 nitrogen and oxygen atoms in total. The Morgan fingerprint density at radius 1 is 1.05 bits per heavy atom. The van der Waals surface area contributed by atoms with Crippen molar-refractivity contribution in [2.45, 2.75) is 0 Å². The predicted molar refractivity (Wildman–Crippen MR) is 72.0 cm³/mol. The molecule has 0 radical (unpaired) electrons. The van der Waals surface area contributed by atoms with E-state index in [-0.39, 0.29) is 0 Å². The molecule has 0 bridgehead atoms. The van der Waals surface area contributed by atoms with Gasteiger partial charge in [-0.1, -0.05) is 6.07 Å². The van der Waals surface area contributed by atoms with Gasteiger partial charge in [-0.3, -0.25) is 4.40 Å². The van der Waals surface area contributed by atoms with Crippen molar-refractivity contribution in [1.82, 2.24) is 24.6 Å². The lowest BCUT2D eigenvalue weighted by Gasteiger charge is -2.07. The van der Waals surface area contributed by atoms with Crippen LogP contribution in [-0.4, -0.2) is 37.7 Å². The summed E-state index contributed by atoms with van der Waals surface area (Å²) >= 11 is 0. The van der Waals surface area contributed by atoms with Gasteiger partial charge in [0.15, 0.2) is 5.82 Å². The molecule has 0 aromatic carbocycles. The van der Waals surface area contributed by atoms with Crippen LogP contribution in [0.25, 0.3) is 5.65 Å². The molecule has 7 heteroatoms. The number of anilines is 2. The Kier molecular flexibility index (Phi) is 3.18. The van der Waals surface area contributed by atoms with Crippen LogP contribution >= 0.6 is 0 Å². The first-order valence-corrected chi connectivity index (χ1v) is 5.96. The van der Waals surface area contributed by atoms with Gasteiger partial charge in [-0.05, 0) is 12.1 Å². The van der Waals surface area contributed by atoms with Gasteiger partial charge in [-0.2, -0.15) is 0 Å². The average molecular weight is 255 g/mol. The quantitative estimate of drug-likeness (QED) is 0.663. The zero-order valence-corrected chi connectivity index (χ0v) is 10.2. The summed E-state index contributed by atoms with van der Waals surface area (Å²) in [7, 11) is 0. The highest BCUT2D eigenvalue weighted by molar-refractivity contribution is 5.61. The second-order valence-electron chi connectivity index (χ2n) is 3.91. The SMILES string of the molecule is c1ccc(NCCNc2nccn3cnnc23)nc1. The molecule has 0 saturated carbocycles. The third kappa shape index (κ3) is 2.59. The Balaban J connectivity index is 1.57. The largest absolute Gasteiger partial charge is 0.368 e. The van der Waals surface area contributed by atoms with Crippen molar-refractivity contribution in [1.29, 1.82) is 0 Å². The maximum absolute atomic E-state index is 4.25. The van der Waals surface area contributed by atoms with Crippen LogP contribution in [-0.2, 0) is 0 Å². The van der Waals surface area contributed by atoms with E-state index in [2.05, 4.69) is 30.8 Å². The van der Waals surface area contributed by atoms with E-state index in [9.17, 15) is 0 Å². The molecule has 0 aliphatic carbocycles. The Labute approximate surface area is 109 Å². The molecule has 0 spiro atoms. The lowest BCUT2D eigenvalue weighted by Crippen LogP contribution is -2.15. The van der Waals surface area contributed by atoms with Crippen LogP contribution < -0.4 is 10.6 Å². The third-order valence-electron chi connectivity index (χ3n) is 2.60. The number of aromatic nitrogens is 5. The molecule has 0 atom stereocenters. The fraction of sp³-hybridized carbons (Fsp3) is 0.167. The van der Waals surface area contributed by atoms with Gasteiger partial charge in [0.1, 0.15) is 12.1 Å². The van der Waals surface area contributed by atoms with E-state index in [4.69, 9.17) is 0 Å². The van der Waals surface area contributed by atoms with Gasteiger partial charge in [0, 0.05) is 31.7 Å². The van der Waals surface area contributed by atoms with Crippen molar-refractivity contribution in [2.24, 2.45) is 0 Å². The van der Waals surface area contributed by atoms with Crippen LogP contribution in [0.3, 0.4) is 0 Å². The number of pyridine rings is 1. The molecule has 2 N–H and O–H groups in total. The predicted octanol–water partition coefficient (Wildman–Crippen LogP) is 1.04. The molecule has 0 unspecified atom stereocenters. The zero-order valence-electron chi connectivity index (χ0n) is 10.2. The number of hydrogen-bond acceptors (Lipinski definition) is 6. The molecule has 0 fully saturated rings. The van der Waals surface area contributed by atoms with E-state index < -0.39 is 0 Å². The molecule has 19 heavy (non-hydrogen) atoms. The fourth-order valence-corrected chi connectivity index (χ4v) is 1.72. The van der Waals surface area contributed by atoms with Crippen molar-refractivity contribution in [3.05, 3.63) is 43.1 Å². The molecule has 3 aromatic heterocycles. The zero-order chi connectivity index (χ0) is 12.9. The second kappa shape index (κ2) is 5.30. The van der Waals surface area contributed by atoms with Crippen LogP contribution in [0.15, 0.2) is 43.1 Å². The minimum Gasteiger partial charge on any atom is -0.368 e. The van der Waals surface area contributed by atoms with E-state index in [1.165, 1.54) is 0 Å². The fourth-order valence-electron chi connectivity index (χ4n) is 1.72. The standard InChI is InChI=1S/C12H13N7/c1-2-4-13-10(3-1)14-5-6-15-11-12-18-17-9-19(12)8-7-16-11/h1-4,7-9H,5-6H2,(H,13,14)(H,15,16). The Morgan fingerprint density at radius 2 is 2.00 bits per heavy atom. The van der Waals surface area contributed by atoms with Crippen LogP contribution in [0.1, 0.15) is 0 Å². The molecule has 3 aromatic rings. The maximum Gasteiger partial charge on any atom is 0.203 e. The lowest BCUT2D eigenvalue weighted by atomic mass is 10.4. The molecular formula is C12H13N7. The van der Waals surface area contributed by atoms with Crippen molar-refractivity contribution in [2.75, 3.05) is 23.7 Å². The van der Waals surface area contributed by atoms with E-state index in [1.54, 1.807) is 18.7 Å². The van der Waals surface area contributed by atoms with Gasteiger partial charge in [0.2, 0.25) is 5.65 Å². The van der Waals surface area contributed by atoms with Gasteiger partial charge in [-0.15, -0.1) is 10.2 Å². The molecule has 0 amide bonds. The summed E-state index contributed by atoms with van der Waals surface area (Å²) in [4.78, 5) is 8.43. The first-order chi connectivity index (χ1) is 9.43. The number of hydrogen-bond donors (Lipinski definition) is 2.